The van der Waals surface area contributed by atoms with Crippen molar-refractivity contribution in [2.24, 2.45) is 0 Å². The van der Waals surface area contributed by atoms with E-state index in [4.69, 9.17) is 52.0 Å². The lowest BCUT2D eigenvalue weighted by Crippen LogP contribution is -2.19. The summed E-state index contributed by atoms with van der Waals surface area (Å²) in [6, 6.07) is 7.18. The Labute approximate surface area is 234 Å². The van der Waals surface area contributed by atoms with Gasteiger partial charge >= 0.3 is 0 Å². The van der Waals surface area contributed by atoms with Crippen molar-refractivity contribution < 1.29 is 19.2 Å². The average Bonchev–Trinajstić information content (AvgIpc) is 3.40. The highest BCUT2D eigenvalue weighted by Crippen LogP contribution is 2.23. The van der Waals surface area contributed by atoms with Gasteiger partial charge in [-0.25, -0.2) is 0 Å². The van der Waals surface area contributed by atoms with E-state index in [9.17, 15) is 19.2 Å². The lowest BCUT2D eigenvalue weighted by Gasteiger charge is -2.06. The van der Waals surface area contributed by atoms with Gasteiger partial charge < -0.3 is 22.5 Å². The molecule has 2 aromatic heterocycles. The summed E-state index contributed by atoms with van der Waals surface area (Å²) in [4.78, 5) is 62.0. The van der Waals surface area contributed by atoms with Crippen LogP contribution in [-0.2, 0) is 19.2 Å². The molecule has 1 aromatic carbocycles. The Morgan fingerprint density at radius 3 is 1.31 bits per heavy atom. The third kappa shape index (κ3) is 11.8. The van der Waals surface area contributed by atoms with Crippen molar-refractivity contribution in [1.29, 1.82) is 0 Å². The normalized spacial score (nSPS) is 12.7. The number of rotatable bonds is 2. The number of hydrogen-bond acceptors (Lipinski definition) is 14. The maximum absolute atomic E-state index is 10.0. The zero-order valence-corrected chi connectivity index (χ0v) is 21.6. The van der Waals surface area contributed by atoms with Gasteiger partial charge in [-0.3, -0.25) is 29.8 Å². The fourth-order valence-electron chi connectivity index (χ4n) is 2.20. The number of halogens is 3. The Morgan fingerprint density at radius 2 is 0.974 bits per heavy atom. The number of nitrogens with zero attached hydrogens (tertiary/aromatic N) is 6. The number of carbonyl (C=O) groups excluding carboxylic acids is 4. The fourth-order valence-corrected chi connectivity index (χ4v) is 2.75. The van der Waals surface area contributed by atoms with E-state index in [1.165, 1.54) is 24.3 Å². The molecule has 9 N–H and O–H groups in total. The number of anilines is 5. The van der Waals surface area contributed by atoms with Crippen LogP contribution in [-0.4, -0.2) is 53.5 Å². The highest BCUT2D eigenvalue weighted by Gasteiger charge is 2.08. The van der Waals surface area contributed by atoms with Crippen molar-refractivity contribution in [3.8, 4) is 0 Å². The smallest absolute Gasteiger partial charge is 0.250 e. The highest BCUT2D eigenvalue weighted by molar-refractivity contribution is 6.33. The van der Waals surface area contributed by atoms with E-state index in [2.05, 4.69) is 35.2 Å². The Bertz CT molecular complexity index is 1310. The molecule has 3 aromatic rings. The van der Waals surface area contributed by atoms with Crippen LogP contribution in [0.3, 0.4) is 0 Å². The number of amides is 4. The number of carbonyl (C=O) groups is 4. The van der Waals surface area contributed by atoms with Gasteiger partial charge in [-0.05, 0) is 35.3 Å². The van der Waals surface area contributed by atoms with Gasteiger partial charge in [-0.15, -0.1) is 0 Å². The second kappa shape index (κ2) is 14.7. The van der Waals surface area contributed by atoms with Crippen LogP contribution in [0.1, 0.15) is 0 Å². The van der Waals surface area contributed by atoms with Crippen molar-refractivity contribution in [3.63, 3.8) is 0 Å². The van der Waals surface area contributed by atoms with Gasteiger partial charge in [0.25, 0.3) is 23.6 Å². The van der Waals surface area contributed by atoms with Crippen LogP contribution in [0.15, 0.2) is 48.6 Å². The molecule has 2 aliphatic heterocycles. The van der Waals surface area contributed by atoms with Crippen LogP contribution in [0.4, 0.5) is 29.5 Å². The quantitative estimate of drug-likeness (QED) is 0.222. The summed E-state index contributed by atoms with van der Waals surface area (Å²) in [5.74, 6) is -0.942. The first-order valence-corrected chi connectivity index (χ1v) is 11.2. The molecule has 0 radical (unpaired) electrons. The number of para-hydroxylation sites is 1. The molecule has 16 nitrogen and oxygen atoms in total. The molecule has 39 heavy (non-hydrogen) atoms. The molecule has 0 saturated carbocycles. The summed E-state index contributed by atoms with van der Waals surface area (Å²) in [5, 5.41) is 7.54. The maximum atomic E-state index is 10.0. The Kier molecular flexibility index (Phi) is 11.4. The molecule has 0 fully saturated rings. The Balaban J connectivity index is 0.000000197. The average molecular weight is 596 g/mol. The molecular formula is C20H17Cl3N12O4. The fraction of sp³-hybridized carbons (Fsp3) is 0. The van der Waals surface area contributed by atoms with E-state index < -0.39 is 0 Å². The standard InChI is InChI=1S/C9H5Cl3N4.2C4H3NO2.C3H6N6/c10-5-3-1-2-4-6(5)13-9-15-7(11)14-8(12)16-9;2*6-3-1-2-4(7)5-3;4-1-7-2(5)9-3(6)8-1/h1-4H,(H,13,14,15,16);2*1-2H,(H,5,6,7);(H6,4,5,6,7,8,9). The molecule has 4 heterocycles. The van der Waals surface area contributed by atoms with E-state index >= 15 is 0 Å². The zero-order valence-electron chi connectivity index (χ0n) is 19.3. The van der Waals surface area contributed by atoms with Gasteiger partial charge in [-0.2, -0.15) is 29.9 Å². The van der Waals surface area contributed by atoms with E-state index in [1.807, 2.05) is 22.8 Å². The molecule has 4 amide bonds. The first kappa shape index (κ1) is 30.3. The van der Waals surface area contributed by atoms with E-state index in [0.717, 1.165) is 0 Å². The molecular weight excluding hydrogens is 579 g/mol. The van der Waals surface area contributed by atoms with Crippen LogP contribution in [0.5, 0.6) is 0 Å². The highest BCUT2D eigenvalue weighted by atomic mass is 35.5. The first-order chi connectivity index (χ1) is 18.4. The summed E-state index contributed by atoms with van der Waals surface area (Å²) in [6.45, 7) is 0. The lowest BCUT2D eigenvalue weighted by atomic mass is 10.3. The van der Waals surface area contributed by atoms with Gasteiger partial charge in [0.05, 0.1) is 10.7 Å². The van der Waals surface area contributed by atoms with Crippen LogP contribution in [0.25, 0.3) is 0 Å². The molecule has 2 aliphatic rings. The molecule has 0 spiro atoms. The van der Waals surface area contributed by atoms with Crippen LogP contribution < -0.4 is 33.2 Å². The molecule has 5 rings (SSSR count). The first-order valence-electron chi connectivity index (χ1n) is 10.1. The van der Waals surface area contributed by atoms with Gasteiger partial charge in [0.15, 0.2) is 0 Å². The SMILES string of the molecule is Clc1nc(Cl)nc(Nc2ccccc2Cl)n1.Nc1nc(N)nc(N)n1.O=C1C=CC(=O)N1.O=C1C=CC(=O)N1. The molecule has 0 bridgehead atoms. The molecule has 0 atom stereocenters. The van der Waals surface area contributed by atoms with Crippen molar-refractivity contribution in [1.82, 2.24) is 40.5 Å². The minimum absolute atomic E-state index is 0.0227. The minimum Gasteiger partial charge on any atom is -0.368 e. The number of nitrogens with two attached hydrogens (primary N) is 3. The third-order valence-corrected chi connectivity index (χ3v) is 4.32. The van der Waals surface area contributed by atoms with Gasteiger partial charge in [0, 0.05) is 24.3 Å². The van der Waals surface area contributed by atoms with Crippen LogP contribution in [0, 0.1) is 0 Å². The molecule has 0 unspecified atom stereocenters. The summed E-state index contributed by atoms with van der Waals surface area (Å²) in [5.41, 5.74) is 16.1. The molecule has 19 heteroatoms. The van der Waals surface area contributed by atoms with Crippen LogP contribution >= 0.6 is 34.8 Å². The number of nitrogen functional groups attached to an aromatic ring is 3. The number of nitrogens with one attached hydrogen (secondary N) is 3. The Hall–Kier alpha value is -4.93. The van der Waals surface area contributed by atoms with E-state index in [-0.39, 0.29) is 58.0 Å². The predicted octanol–water partition coefficient (Wildman–Crippen LogP) is 0.592. The molecule has 0 aliphatic carbocycles. The molecule has 202 valence electrons. The largest absolute Gasteiger partial charge is 0.368 e. The topological polar surface area (TPSA) is 260 Å². The van der Waals surface area contributed by atoms with Crippen LogP contribution in [0.2, 0.25) is 15.6 Å². The van der Waals surface area contributed by atoms with E-state index in [1.54, 1.807) is 12.1 Å². The molecule has 0 saturated heterocycles. The predicted molar refractivity (Wildman–Crippen MR) is 142 cm³/mol. The second-order valence-electron chi connectivity index (χ2n) is 6.59. The third-order valence-electron chi connectivity index (χ3n) is 3.65. The van der Waals surface area contributed by atoms with E-state index in [0.29, 0.717) is 10.7 Å². The van der Waals surface area contributed by atoms with Crippen molar-refractivity contribution >= 4 is 87.9 Å². The monoisotopic (exact) mass is 594 g/mol. The van der Waals surface area contributed by atoms with Crippen molar-refractivity contribution in [2.75, 3.05) is 22.5 Å². The zero-order chi connectivity index (χ0) is 28.9. The van der Waals surface area contributed by atoms with Gasteiger partial charge in [0.1, 0.15) is 0 Å². The number of imide groups is 2. The van der Waals surface area contributed by atoms with Gasteiger partial charge in [0.2, 0.25) is 34.4 Å². The number of aromatic nitrogens is 6. The summed E-state index contributed by atoms with van der Waals surface area (Å²) >= 11 is 17.2. The number of benzene rings is 1. The van der Waals surface area contributed by atoms with Crippen molar-refractivity contribution in [3.05, 3.63) is 64.2 Å². The Morgan fingerprint density at radius 1 is 0.590 bits per heavy atom. The lowest BCUT2D eigenvalue weighted by molar-refractivity contribution is -0.125. The van der Waals surface area contributed by atoms with Crippen molar-refractivity contribution in [2.45, 2.75) is 0 Å². The maximum Gasteiger partial charge on any atom is 0.250 e. The number of hydrogen-bond donors (Lipinski definition) is 6. The summed E-state index contributed by atoms with van der Waals surface area (Å²) in [6.07, 6.45) is 4.79. The summed E-state index contributed by atoms with van der Waals surface area (Å²) < 4.78 is 0. The minimum atomic E-state index is -0.329. The summed E-state index contributed by atoms with van der Waals surface area (Å²) in [7, 11) is 0. The van der Waals surface area contributed by atoms with Gasteiger partial charge in [-0.1, -0.05) is 23.7 Å². The second-order valence-corrected chi connectivity index (χ2v) is 7.67.